The molecule has 0 saturated heterocycles. The van der Waals surface area contributed by atoms with E-state index in [1.54, 1.807) is 4.90 Å². The van der Waals surface area contributed by atoms with Gasteiger partial charge in [-0.05, 0) is 12.0 Å². The summed E-state index contributed by atoms with van der Waals surface area (Å²) in [5.41, 5.74) is 0.687. The van der Waals surface area contributed by atoms with Crippen LogP contribution >= 0.6 is 0 Å². The van der Waals surface area contributed by atoms with Gasteiger partial charge in [-0.1, -0.05) is 6.58 Å². The maximum atomic E-state index is 11.7. The molecule has 1 fully saturated rings. The molecule has 106 valence electrons. The second kappa shape index (κ2) is 4.50. The average Bonchev–Trinajstić information content (AvgIpc) is 2.91. The van der Waals surface area contributed by atoms with E-state index in [1.807, 2.05) is 0 Å². The van der Waals surface area contributed by atoms with Gasteiger partial charge in [-0.25, -0.2) is 0 Å². The van der Waals surface area contributed by atoms with Crippen LogP contribution in [-0.4, -0.2) is 63.9 Å². The summed E-state index contributed by atoms with van der Waals surface area (Å²) in [6.45, 7) is 3.75. The first-order valence-corrected chi connectivity index (χ1v) is 6.30. The number of aliphatic hydroxyl groups is 2. The molecule has 0 radical (unpaired) electrons. The van der Waals surface area contributed by atoms with Crippen LogP contribution < -0.4 is 5.32 Å². The van der Waals surface area contributed by atoms with E-state index < -0.39 is 12.1 Å². The number of aliphatic hydroxyl groups excluding tert-OH is 2. The highest BCUT2D eigenvalue weighted by atomic mass is 16.3. The number of carbonyl (C=O) groups excluding carboxylic acids is 1. The smallest absolute Gasteiger partial charge is 0.259 e. The summed E-state index contributed by atoms with van der Waals surface area (Å²) in [7, 11) is 0. The van der Waals surface area contributed by atoms with Crippen molar-refractivity contribution in [2.24, 2.45) is 15.9 Å². The summed E-state index contributed by atoms with van der Waals surface area (Å²) in [5.74, 6) is -0.623. The van der Waals surface area contributed by atoms with Gasteiger partial charge in [0, 0.05) is 5.92 Å². The Bertz CT molecular complexity index is 555. The van der Waals surface area contributed by atoms with Crippen LogP contribution in [0.3, 0.4) is 0 Å². The number of hydrogen-bond donors (Lipinski definition) is 4. The third kappa shape index (κ3) is 1.76. The molecule has 3 rings (SSSR count). The molecular formula is C12H15N5O3. The molecule has 2 aliphatic heterocycles. The zero-order valence-electron chi connectivity index (χ0n) is 10.7. The first kappa shape index (κ1) is 12.9. The fourth-order valence-electron chi connectivity index (χ4n) is 2.85. The molecule has 0 bridgehead atoms. The number of fused-ring (bicyclic) bond motifs is 1. The van der Waals surface area contributed by atoms with Crippen molar-refractivity contribution < 1.29 is 15.0 Å². The number of nitrogens with zero attached hydrogens (tertiary/aromatic N) is 3. The van der Waals surface area contributed by atoms with Gasteiger partial charge in [-0.3, -0.25) is 20.5 Å². The molecule has 0 aromatic heterocycles. The van der Waals surface area contributed by atoms with Crippen molar-refractivity contribution in [2.45, 2.75) is 24.6 Å². The van der Waals surface area contributed by atoms with Crippen molar-refractivity contribution >= 4 is 24.0 Å². The first-order valence-electron chi connectivity index (χ1n) is 6.30. The van der Waals surface area contributed by atoms with E-state index in [-0.39, 0.29) is 30.4 Å². The highest BCUT2D eigenvalue weighted by molar-refractivity contribution is 6.23. The van der Waals surface area contributed by atoms with E-state index >= 15 is 0 Å². The van der Waals surface area contributed by atoms with E-state index in [0.717, 1.165) is 0 Å². The van der Waals surface area contributed by atoms with Crippen LogP contribution in [0.5, 0.6) is 0 Å². The molecule has 0 spiro atoms. The molecule has 20 heavy (non-hydrogen) atoms. The number of carbonyl (C=O) groups is 1. The molecule has 4 atom stereocenters. The van der Waals surface area contributed by atoms with Crippen LogP contribution in [0, 0.1) is 11.3 Å². The Labute approximate surface area is 115 Å². The Hall–Kier alpha value is -2.06. The summed E-state index contributed by atoms with van der Waals surface area (Å²) in [6, 6.07) is -1.02. The Morgan fingerprint density at radius 1 is 1.60 bits per heavy atom. The quantitative estimate of drug-likeness (QED) is 0.457. The second-order valence-corrected chi connectivity index (χ2v) is 5.07. The second-order valence-electron chi connectivity index (χ2n) is 5.07. The Balaban J connectivity index is 1.89. The minimum Gasteiger partial charge on any atom is -0.396 e. The van der Waals surface area contributed by atoms with E-state index in [9.17, 15) is 15.0 Å². The van der Waals surface area contributed by atoms with Crippen molar-refractivity contribution in [1.82, 2.24) is 10.2 Å². The molecule has 1 amide bonds. The molecule has 0 aromatic carbocycles. The maximum Gasteiger partial charge on any atom is 0.259 e. The predicted molar refractivity (Wildman–Crippen MR) is 71.6 cm³/mol. The monoisotopic (exact) mass is 277 g/mol. The van der Waals surface area contributed by atoms with Crippen molar-refractivity contribution in [3.05, 3.63) is 12.2 Å². The Morgan fingerprint density at radius 3 is 3.00 bits per heavy atom. The van der Waals surface area contributed by atoms with Gasteiger partial charge < -0.3 is 15.1 Å². The lowest BCUT2D eigenvalue weighted by atomic mass is 10.0. The van der Waals surface area contributed by atoms with Crippen molar-refractivity contribution in [2.75, 3.05) is 6.61 Å². The number of amides is 1. The summed E-state index contributed by atoms with van der Waals surface area (Å²) in [4.78, 5) is 21.5. The molecule has 8 heteroatoms. The van der Waals surface area contributed by atoms with E-state index in [0.29, 0.717) is 17.8 Å². The third-order valence-electron chi connectivity index (χ3n) is 3.93. The molecule has 1 aliphatic carbocycles. The van der Waals surface area contributed by atoms with Gasteiger partial charge in [0.1, 0.15) is 5.84 Å². The Morgan fingerprint density at radius 2 is 2.35 bits per heavy atom. The van der Waals surface area contributed by atoms with Gasteiger partial charge in [0.05, 0.1) is 25.1 Å². The van der Waals surface area contributed by atoms with E-state index in [4.69, 9.17) is 5.41 Å². The Kier molecular flexibility index (Phi) is 2.91. The zero-order chi connectivity index (χ0) is 14.4. The summed E-state index contributed by atoms with van der Waals surface area (Å²) in [6.07, 6.45) is 1.20. The van der Waals surface area contributed by atoms with E-state index in [2.05, 4.69) is 21.9 Å². The molecule has 8 nitrogen and oxygen atoms in total. The molecule has 0 aromatic rings. The number of hydrogen-bond acceptors (Lipinski definition) is 6. The molecule has 2 heterocycles. The zero-order valence-corrected chi connectivity index (χ0v) is 10.7. The minimum absolute atomic E-state index is 0.173. The normalized spacial score (nSPS) is 36.2. The number of nitrogens with one attached hydrogen (secondary N) is 2. The highest BCUT2D eigenvalue weighted by Crippen LogP contribution is 2.35. The van der Waals surface area contributed by atoms with Crippen LogP contribution in [-0.2, 0) is 4.79 Å². The van der Waals surface area contributed by atoms with Gasteiger partial charge >= 0.3 is 0 Å². The van der Waals surface area contributed by atoms with Gasteiger partial charge in [-0.15, -0.1) is 0 Å². The summed E-state index contributed by atoms with van der Waals surface area (Å²) >= 11 is 0. The van der Waals surface area contributed by atoms with Gasteiger partial charge in [0.2, 0.25) is 5.96 Å². The van der Waals surface area contributed by atoms with Crippen LogP contribution in [0.25, 0.3) is 0 Å². The van der Waals surface area contributed by atoms with Crippen LogP contribution in [0.1, 0.15) is 6.42 Å². The minimum atomic E-state index is -0.748. The fraction of sp³-hybridized carbons (Fsp3) is 0.500. The van der Waals surface area contributed by atoms with Crippen molar-refractivity contribution in [1.29, 1.82) is 5.41 Å². The predicted octanol–water partition coefficient (Wildman–Crippen LogP) is -1.54. The highest BCUT2D eigenvalue weighted by Gasteiger charge is 2.45. The molecule has 3 aliphatic rings. The lowest BCUT2D eigenvalue weighted by molar-refractivity contribution is -0.119. The largest absolute Gasteiger partial charge is 0.396 e. The molecule has 4 N–H and O–H groups in total. The number of amidine groups is 1. The lowest BCUT2D eigenvalue weighted by Gasteiger charge is -2.28. The summed E-state index contributed by atoms with van der Waals surface area (Å²) in [5, 5.41) is 29.0. The first-order chi connectivity index (χ1) is 9.52. The standard InChI is InChI=1S/C12H15N5O3/c1-5-6(3-18)8(19)2-7(5)17-4-14-9-10(17)15-12(13)16-11(9)20/h4,6-9,18-19H,1-3H2,(H2,13,16,20)/t6-,7+,8-,9?/m1/s1. The fourth-order valence-corrected chi connectivity index (χ4v) is 2.85. The third-order valence-corrected chi connectivity index (χ3v) is 3.93. The van der Waals surface area contributed by atoms with Crippen LogP contribution in [0.15, 0.2) is 22.1 Å². The SMILES string of the molecule is C=C1[C@@H](CO)[C@H](O)C[C@@H]1N1C=NC2C(=O)NC(=N)N=C21. The average molecular weight is 277 g/mol. The molecule has 1 saturated carbocycles. The number of rotatable bonds is 2. The molecular weight excluding hydrogens is 262 g/mol. The van der Waals surface area contributed by atoms with Crippen LogP contribution in [0.2, 0.25) is 0 Å². The molecule has 1 unspecified atom stereocenters. The summed E-state index contributed by atoms with van der Waals surface area (Å²) < 4.78 is 0. The lowest BCUT2D eigenvalue weighted by Crippen LogP contribution is -2.50. The number of guanidine groups is 1. The number of aliphatic imine (C=N–C) groups is 2. The van der Waals surface area contributed by atoms with Crippen molar-refractivity contribution in [3.63, 3.8) is 0 Å². The maximum absolute atomic E-state index is 11.7. The van der Waals surface area contributed by atoms with Gasteiger partial charge in [-0.2, -0.15) is 4.99 Å². The van der Waals surface area contributed by atoms with Gasteiger partial charge in [0.25, 0.3) is 5.91 Å². The van der Waals surface area contributed by atoms with Crippen molar-refractivity contribution in [3.8, 4) is 0 Å². The van der Waals surface area contributed by atoms with Gasteiger partial charge in [0.15, 0.2) is 6.04 Å². The van der Waals surface area contributed by atoms with E-state index in [1.165, 1.54) is 6.34 Å². The topological polar surface area (TPSA) is 121 Å². The van der Waals surface area contributed by atoms with Crippen LogP contribution in [0.4, 0.5) is 0 Å².